The van der Waals surface area contributed by atoms with E-state index in [1.165, 1.54) is 24.3 Å². The van der Waals surface area contributed by atoms with Gasteiger partial charge in [-0.25, -0.2) is 9.37 Å². The number of ether oxygens (including phenoxy) is 3. The lowest BCUT2D eigenvalue weighted by Gasteiger charge is -2.16. The zero-order chi connectivity index (χ0) is 26.9. The van der Waals surface area contributed by atoms with Gasteiger partial charge in [-0.05, 0) is 62.2 Å². The molecular formula is C28H25FN4O5. The van der Waals surface area contributed by atoms with E-state index in [2.05, 4.69) is 20.6 Å². The first-order valence-electron chi connectivity index (χ1n) is 11.9. The average Bonchev–Trinajstić information content (AvgIpc) is 3.71. The molecule has 4 aromatic rings. The van der Waals surface area contributed by atoms with Crippen LogP contribution in [0.3, 0.4) is 0 Å². The Morgan fingerprint density at radius 1 is 0.868 bits per heavy atom. The van der Waals surface area contributed by atoms with Crippen molar-refractivity contribution in [3.05, 3.63) is 72.3 Å². The van der Waals surface area contributed by atoms with Crippen molar-refractivity contribution in [3.63, 3.8) is 0 Å². The Balaban J connectivity index is 1.35. The smallest absolute Gasteiger partial charge is 0.240 e. The lowest BCUT2D eigenvalue weighted by atomic mass is 10.0. The predicted octanol–water partition coefficient (Wildman–Crippen LogP) is 5.24. The molecule has 2 aromatic heterocycles. The van der Waals surface area contributed by atoms with Gasteiger partial charge in [-0.1, -0.05) is 0 Å². The van der Waals surface area contributed by atoms with Crippen LogP contribution in [0.15, 0.2) is 60.8 Å². The third kappa shape index (κ3) is 4.93. The highest BCUT2D eigenvalue weighted by Crippen LogP contribution is 2.47. The second-order valence-electron chi connectivity index (χ2n) is 8.97. The number of rotatable bonds is 8. The van der Waals surface area contributed by atoms with Gasteiger partial charge in [0.05, 0.1) is 19.7 Å². The molecule has 0 radical (unpaired) electrons. The highest BCUT2D eigenvalue weighted by molar-refractivity contribution is 6.16. The minimum absolute atomic E-state index is 0.253. The van der Waals surface area contributed by atoms with Gasteiger partial charge in [0.1, 0.15) is 17.0 Å². The number of aryl methyl sites for hydroxylation is 1. The molecular weight excluding hydrogens is 491 g/mol. The van der Waals surface area contributed by atoms with Crippen LogP contribution in [0.1, 0.15) is 18.5 Å². The zero-order valence-electron chi connectivity index (χ0n) is 21.0. The summed E-state index contributed by atoms with van der Waals surface area (Å²) in [6.07, 6.45) is 2.43. The van der Waals surface area contributed by atoms with Crippen LogP contribution >= 0.6 is 0 Å². The van der Waals surface area contributed by atoms with Gasteiger partial charge in [-0.3, -0.25) is 14.6 Å². The van der Waals surface area contributed by atoms with E-state index in [0.717, 1.165) is 0 Å². The first-order chi connectivity index (χ1) is 18.3. The molecule has 0 aliphatic heterocycles. The Morgan fingerprint density at radius 2 is 1.53 bits per heavy atom. The predicted molar refractivity (Wildman–Crippen MR) is 139 cm³/mol. The number of anilines is 2. The van der Waals surface area contributed by atoms with Crippen LogP contribution in [-0.2, 0) is 9.59 Å². The van der Waals surface area contributed by atoms with E-state index < -0.39 is 23.0 Å². The molecule has 1 fully saturated rings. The maximum atomic E-state index is 13.2. The fourth-order valence-corrected chi connectivity index (χ4v) is 4.13. The van der Waals surface area contributed by atoms with Crippen LogP contribution in [0.25, 0.3) is 10.9 Å². The number of benzene rings is 2. The van der Waals surface area contributed by atoms with Crippen LogP contribution in [0.4, 0.5) is 15.8 Å². The summed E-state index contributed by atoms with van der Waals surface area (Å²) in [5.74, 6) is 0.534. The van der Waals surface area contributed by atoms with Crippen LogP contribution in [0, 0.1) is 18.2 Å². The first kappa shape index (κ1) is 24.9. The maximum absolute atomic E-state index is 13.2. The van der Waals surface area contributed by atoms with E-state index in [9.17, 15) is 14.0 Å². The summed E-state index contributed by atoms with van der Waals surface area (Å²) >= 11 is 0. The van der Waals surface area contributed by atoms with Gasteiger partial charge < -0.3 is 24.8 Å². The van der Waals surface area contributed by atoms with E-state index in [-0.39, 0.29) is 5.88 Å². The summed E-state index contributed by atoms with van der Waals surface area (Å²) < 4.78 is 30.0. The summed E-state index contributed by atoms with van der Waals surface area (Å²) in [5, 5.41) is 6.22. The molecule has 2 aromatic carbocycles. The molecule has 9 nitrogen and oxygen atoms in total. The summed E-state index contributed by atoms with van der Waals surface area (Å²) in [4.78, 5) is 34.8. The lowest BCUT2D eigenvalue weighted by Crippen LogP contribution is -2.35. The molecule has 2 amide bonds. The lowest BCUT2D eigenvalue weighted by molar-refractivity contribution is -0.131. The number of aromatic nitrogens is 2. The molecule has 0 saturated heterocycles. The molecule has 5 rings (SSSR count). The van der Waals surface area contributed by atoms with E-state index in [4.69, 9.17) is 14.2 Å². The minimum atomic E-state index is -1.19. The Kier molecular flexibility index (Phi) is 6.54. The maximum Gasteiger partial charge on any atom is 0.240 e. The molecule has 38 heavy (non-hydrogen) atoms. The molecule has 1 aliphatic carbocycles. The molecule has 194 valence electrons. The number of amides is 2. The molecule has 2 heterocycles. The van der Waals surface area contributed by atoms with Crippen molar-refractivity contribution < 1.29 is 28.2 Å². The van der Waals surface area contributed by atoms with Gasteiger partial charge in [0.2, 0.25) is 17.7 Å². The fraction of sp³-hybridized carbons (Fsp3) is 0.214. The van der Waals surface area contributed by atoms with Gasteiger partial charge >= 0.3 is 0 Å². The van der Waals surface area contributed by atoms with E-state index in [1.807, 2.05) is 0 Å². The van der Waals surface area contributed by atoms with Crippen molar-refractivity contribution >= 4 is 34.1 Å². The monoisotopic (exact) mass is 516 g/mol. The van der Waals surface area contributed by atoms with Crippen molar-refractivity contribution in [1.29, 1.82) is 0 Å². The minimum Gasteiger partial charge on any atom is -0.493 e. The molecule has 1 saturated carbocycles. The van der Waals surface area contributed by atoms with Gasteiger partial charge in [-0.2, -0.15) is 0 Å². The van der Waals surface area contributed by atoms with E-state index in [1.54, 1.807) is 57.7 Å². The number of pyridine rings is 2. The summed E-state index contributed by atoms with van der Waals surface area (Å²) in [5.41, 5.74) is 0.921. The Labute approximate surface area is 218 Å². The van der Waals surface area contributed by atoms with Crippen molar-refractivity contribution in [2.45, 2.75) is 19.8 Å². The van der Waals surface area contributed by atoms with E-state index >= 15 is 0 Å². The van der Waals surface area contributed by atoms with Crippen molar-refractivity contribution in [2.24, 2.45) is 5.41 Å². The average molecular weight is 517 g/mol. The number of fused-ring (bicyclic) bond motifs is 1. The van der Waals surface area contributed by atoms with Crippen LogP contribution in [0.2, 0.25) is 0 Å². The Hall–Kier alpha value is -4.73. The summed E-state index contributed by atoms with van der Waals surface area (Å²) in [6, 6.07) is 13.9. The van der Waals surface area contributed by atoms with Crippen molar-refractivity contribution in [1.82, 2.24) is 9.97 Å². The molecule has 1 aliphatic rings. The van der Waals surface area contributed by atoms with Crippen molar-refractivity contribution in [3.8, 4) is 23.1 Å². The number of halogens is 1. The third-order valence-corrected chi connectivity index (χ3v) is 6.33. The SMILES string of the molecule is COc1cc2nccc(Oc3cc(NC(=O)C4(C(=O)Nc5ccc(F)cc5)CC4)cc(C)n3)c2cc1OC. The van der Waals surface area contributed by atoms with Crippen molar-refractivity contribution in [2.75, 3.05) is 24.9 Å². The number of methoxy groups -OCH3 is 2. The van der Waals surface area contributed by atoms with Crippen LogP contribution < -0.4 is 24.8 Å². The van der Waals surface area contributed by atoms with Crippen LogP contribution in [0.5, 0.6) is 23.1 Å². The number of carbonyl (C=O) groups is 2. The largest absolute Gasteiger partial charge is 0.493 e. The highest BCUT2D eigenvalue weighted by atomic mass is 19.1. The fourth-order valence-electron chi connectivity index (χ4n) is 4.13. The number of nitrogens with zero attached hydrogens (tertiary/aromatic N) is 2. The van der Waals surface area contributed by atoms with Crippen LogP contribution in [-0.4, -0.2) is 36.0 Å². The zero-order valence-corrected chi connectivity index (χ0v) is 21.0. The van der Waals surface area contributed by atoms with Gasteiger partial charge in [-0.15, -0.1) is 0 Å². The number of hydrogen-bond donors (Lipinski definition) is 2. The third-order valence-electron chi connectivity index (χ3n) is 6.33. The van der Waals surface area contributed by atoms with Gasteiger partial charge in [0.25, 0.3) is 0 Å². The molecule has 0 unspecified atom stereocenters. The quantitative estimate of drug-likeness (QED) is 0.308. The van der Waals surface area contributed by atoms with Gasteiger partial charge in [0.15, 0.2) is 11.5 Å². The Morgan fingerprint density at radius 3 is 2.18 bits per heavy atom. The number of carbonyl (C=O) groups excluding carboxylic acids is 2. The standard InChI is InChI=1S/C28H25FN4O5/c1-16-12-19(33-27(35)28(9-10-28)26(34)32-18-6-4-17(29)5-7-18)13-25(31-16)38-22-8-11-30-21-15-24(37-3)23(36-2)14-20(21)22/h4-8,11-15H,9-10H2,1-3H3,(H,32,34)(H,31,33,35). The molecule has 0 bridgehead atoms. The Bertz CT molecular complexity index is 1540. The number of nitrogens with one attached hydrogen (secondary N) is 2. The molecule has 10 heteroatoms. The molecule has 0 spiro atoms. The second kappa shape index (κ2) is 9.97. The molecule has 2 N–H and O–H groups in total. The molecule has 0 atom stereocenters. The summed E-state index contributed by atoms with van der Waals surface area (Å²) in [6.45, 7) is 1.77. The normalized spacial score (nSPS) is 13.5. The first-order valence-corrected chi connectivity index (χ1v) is 11.9. The van der Waals surface area contributed by atoms with Gasteiger partial charge in [0, 0.05) is 40.8 Å². The number of hydrogen-bond acceptors (Lipinski definition) is 7. The summed E-state index contributed by atoms with van der Waals surface area (Å²) in [7, 11) is 3.10. The topological polar surface area (TPSA) is 112 Å². The van der Waals surface area contributed by atoms with E-state index in [0.29, 0.717) is 58.1 Å². The second-order valence-corrected chi connectivity index (χ2v) is 8.97. The highest BCUT2D eigenvalue weighted by Gasteiger charge is 2.56.